The van der Waals surface area contributed by atoms with Crippen LogP contribution in [0.4, 0.5) is 11.6 Å². The van der Waals surface area contributed by atoms with E-state index in [4.69, 9.17) is 4.98 Å². The quantitative estimate of drug-likeness (QED) is 0.320. The van der Waals surface area contributed by atoms with Gasteiger partial charge in [-0.25, -0.2) is 19.3 Å². The summed E-state index contributed by atoms with van der Waals surface area (Å²) in [5.74, 6) is 0.826. The molecule has 6 rings (SSSR count). The van der Waals surface area contributed by atoms with Crippen molar-refractivity contribution in [1.29, 1.82) is 0 Å². The molecule has 192 valence electrons. The average Bonchev–Trinajstić information content (AvgIpc) is 3.19. The first-order chi connectivity index (χ1) is 18.4. The maximum Gasteiger partial charge on any atom is 0.278 e. The smallest absolute Gasteiger partial charge is 0.278 e. The van der Waals surface area contributed by atoms with Crippen LogP contribution >= 0.6 is 0 Å². The van der Waals surface area contributed by atoms with E-state index in [9.17, 15) is 9.90 Å². The van der Waals surface area contributed by atoms with Gasteiger partial charge in [0.05, 0.1) is 17.9 Å². The van der Waals surface area contributed by atoms with Gasteiger partial charge in [0, 0.05) is 24.6 Å². The maximum atomic E-state index is 13.6. The number of aliphatic hydroxyl groups is 1. The van der Waals surface area contributed by atoms with Crippen LogP contribution in [0.25, 0.3) is 16.9 Å². The Hall–Kier alpha value is -4.41. The molecular weight excluding hydrogens is 480 g/mol. The Balaban J connectivity index is 1.48. The molecule has 1 aliphatic rings. The molecule has 0 spiro atoms. The molecule has 0 aliphatic carbocycles. The summed E-state index contributed by atoms with van der Waals surface area (Å²) in [7, 11) is 0. The molecule has 0 saturated heterocycles. The van der Waals surface area contributed by atoms with Gasteiger partial charge < -0.3 is 15.7 Å². The SMILES string of the molecule is CC(C)(O)c1cccc(-n2c3nc(Nc4ccc5c(c4)CCNC5)ncc3c(=O)n2Cc2ccccn2)n1. The molecule has 4 aromatic heterocycles. The first-order valence-corrected chi connectivity index (χ1v) is 12.5. The molecule has 5 aromatic rings. The fourth-order valence-corrected chi connectivity index (χ4v) is 4.68. The molecule has 3 N–H and O–H groups in total. The summed E-state index contributed by atoms with van der Waals surface area (Å²) in [6, 6.07) is 17.2. The lowest BCUT2D eigenvalue weighted by atomic mass is 10.0. The molecular formula is C28H28N8O2. The van der Waals surface area contributed by atoms with Gasteiger partial charge in [0.2, 0.25) is 5.95 Å². The van der Waals surface area contributed by atoms with E-state index in [1.54, 1.807) is 53.8 Å². The highest BCUT2D eigenvalue weighted by atomic mass is 16.3. The molecule has 38 heavy (non-hydrogen) atoms. The molecule has 0 amide bonds. The minimum Gasteiger partial charge on any atom is -0.384 e. The van der Waals surface area contributed by atoms with Crippen LogP contribution in [0.5, 0.6) is 0 Å². The van der Waals surface area contributed by atoms with Gasteiger partial charge in [-0.15, -0.1) is 0 Å². The number of nitrogens with zero attached hydrogens (tertiary/aromatic N) is 6. The number of fused-ring (bicyclic) bond motifs is 2. The first-order valence-electron chi connectivity index (χ1n) is 12.5. The summed E-state index contributed by atoms with van der Waals surface area (Å²) in [5.41, 5.74) is 3.65. The maximum absolute atomic E-state index is 13.6. The van der Waals surface area contributed by atoms with Gasteiger partial charge in [-0.2, -0.15) is 4.98 Å². The number of benzene rings is 1. The van der Waals surface area contributed by atoms with Gasteiger partial charge in [-0.1, -0.05) is 18.2 Å². The second-order valence-corrected chi connectivity index (χ2v) is 9.90. The summed E-state index contributed by atoms with van der Waals surface area (Å²) in [5, 5.41) is 17.6. The van der Waals surface area contributed by atoms with E-state index in [1.165, 1.54) is 11.1 Å². The molecule has 5 heterocycles. The third-order valence-corrected chi connectivity index (χ3v) is 6.64. The second-order valence-electron chi connectivity index (χ2n) is 9.90. The van der Waals surface area contributed by atoms with Crippen LogP contribution in [0.1, 0.15) is 36.4 Å². The van der Waals surface area contributed by atoms with Crippen molar-refractivity contribution in [3.05, 3.63) is 99.9 Å². The molecule has 0 bridgehead atoms. The van der Waals surface area contributed by atoms with Gasteiger partial charge >= 0.3 is 0 Å². The van der Waals surface area contributed by atoms with Crippen molar-refractivity contribution >= 4 is 22.7 Å². The highest BCUT2D eigenvalue weighted by molar-refractivity contribution is 5.77. The number of rotatable bonds is 6. The van der Waals surface area contributed by atoms with Crippen LogP contribution in [0.15, 0.2) is 71.8 Å². The molecule has 1 aromatic carbocycles. The molecule has 10 nitrogen and oxygen atoms in total. The zero-order valence-corrected chi connectivity index (χ0v) is 21.2. The molecule has 1 aliphatic heterocycles. The third kappa shape index (κ3) is 4.55. The van der Waals surface area contributed by atoms with Crippen molar-refractivity contribution < 1.29 is 5.11 Å². The molecule has 10 heteroatoms. The van der Waals surface area contributed by atoms with E-state index < -0.39 is 5.60 Å². The number of hydrogen-bond acceptors (Lipinski definition) is 8. The Labute approximate surface area is 219 Å². The zero-order chi connectivity index (χ0) is 26.3. The Morgan fingerprint density at radius 1 is 1.05 bits per heavy atom. The fraction of sp³-hybridized carbons (Fsp3) is 0.250. The third-order valence-electron chi connectivity index (χ3n) is 6.64. The number of hydrogen-bond donors (Lipinski definition) is 3. The van der Waals surface area contributed by atoms with E-state index in [0.717, 1.165) is 25.2 Å². The van der Waals surface area contributed by atoms with Crippen molar-refractivity contribution in [1.82, 2.24) is 34.6 Å². The number of anilines is 2. The van der Waals surface area contributed by atoms with Crippen molar-refractivity contribution in [2.45, 2.75) is 39.0 Å². The van der Waals surface area contributed by atoms with Crippen molar-refractivity contribution in [2.24, 2.45) is 0 Å². The summed E-state index contributed by atoms with van der Waals surface area (Å²) in [6.07, 6.45) is 4.20. The minimum atomic E-state index is -1.16. The van der Waals surface area contributed by atoms with E-state index in [0.29, 0.717) is 34.2 Å². The number of nitrogens with one attached hydrogen (secondary N) is 2. The zero-order valence-electron chi connectivity index (χ0n) is 21.2. The van der Waals surface area contributed by atoms with Crippen LogP contribution in [0, 0.1) is 0 Å². The Bertz CT molecular complexity index is 1690. The Morgan fingerprint density at radius 3 is 2.76 bits per heavy atom. The standard InChI is InChI=1S/C28H28N8O2/c1-28(2,38)23-7-5-8-24(33-23)36-25-22(26(37)35(36)17-21-6-3-4-12-30-21)16-31-27(34-25)32-20-10-9-19-15-29-13-11-18(19)14-20/h3-10,12,14,16,29,38H,11,13,15,17H2,1-2H3,(H,31,32,34). The Kier molecular flexibility index (Phi) is 5.97. The van der Waals surface area contributed by atoms with Gasteiger partial charge in [0.1, 0.15) is 11.0 Å². The lowest BCUT2D eigenvalue weighted by molar-refractivity contribution is 0.0738. The number of pyridine rings is 2. The summed E-state index contributed by atoms with van der Waals surface area (Å²) in [6.45, 7) is 5.38. The topological polar surface area (TPSA) is 123 Å². The van der Waals surface area contributed by atoms with Crippen molar-refractivity contribution in [3.8, 4) is 5.82 Å². The molecule has 0 saturated carbocycles. The van der Waals surface area contributed by atoms with Crippen LogP contribution in [-0.4, -0.2) is 41.0 Å². The van der Waals surface area contributed by atoms with E-state index >= 15 is 0 Å². The van der Waals surface area contributed by atoms with Crippen LogP contribution < -0.4 is 16.2 Å². The first kappa shape index (κ1) is 24.0. The number of aromatic nitrogens is 6. The van der Waals surface area contributed by atoms with Gasteiger partial charge in [0.25, 0.3) is 5.56 Å². The highest BCUT2D eigenvalue weighted by Gasteiger charge is 2.22. The normalized spacial score (nSPS) is 13.4. The van der Waals surface area contributed by atoms with Gasteiger partial charge in [-0.05, 0) is 74.3 Å². The van der Waals surface area contributed by atoms with E-state index in [2.05, 4.69) is 37.7 Å². The van der Waals surface area contributed by atoms with Crippen LogP contribution in [-0.2, 0) is 25.1 Å². The lowest BCUT2D eigenvalue weighted by Crippen LogP contribution is -2.25. The molecule has 0 atom stereocenters. The second kappa shape index (κ2) is 9.47. The van der Waals surface area contributed by atoms with Crippen LogP contribution in [0.2, 0.25) is 0 Å². The monoisotopic (exact) mass is 508 g/mol. The largest absolute Gasteiger partial charge is 0.384 e. The van der Waals surface area contributed by atoms with Crippen molar-refractivity contribution in [2.75, 3.05) is 11.9 Å². The lowest BCUT2D eigenvalue weighted by Gasteiger charge is -2.19. The molecule has 0 fully saturated rings. The highest BCUT2D eigenvalue weighted by Crippen LogP contribution is 2.24. The van der Waals surface area contributed by atoms with Gasteiger partial charge in [0.15, 0.2) is 11.5 Å². The van der Waals surface area contributed by atoms with Crippen molar-refractivity contribution in [3.63, 3.8) is 0 Å². The average molecular weight is 509 g/mol. The fourth-order valence-electron chi connectivity index (χ4n) is 4.68. The predicted octanol–water partition coefficient (Wildman–Crippen LogP) is 3.04. The van der Waals surface area contributed by atoms with E-state index in [1.807, 2.05) is 24.3 Å². The summed E-state index contributed by atoms with van der Waals surface area (Å²) in [4.78, 5) is 31.9. The van der Waals surface area contributed by atoms with Gasteiger partial charge in [-0.3, -0.25) is 9.78 Å². The minimum absolute atomic E-state index is 0.214. The van der Waals surface area contributed by atoms with Crippen LogP contribution in [0.3, 0.4) is 0 Å². The molecule has 0 radical (unpaired) electrons. The summed E-state index contributed by atoms with van der Waals surface area (Å²) < 4.78 is 3.22. The predicted molar refractivity (Wildman–Crippen MR) is 145 cm³/mol. The Morgan fingerprint density at radius 2 is 1.95 bits per heavy atom. The van der Waals surface area contributed by atoms with E-state index in [-0.39, 0.29) is 12.1 Å². The summed E-state index contributed by atoms with van der Waals surface area (Å²) >= 11 is 0. The molecule has 0 unspecified atom stereocenters.